The highest BCUT2D eigenvalue weighted by molar-refractivity contribution is 5.29. The van der Waals surface area contributed by atoms with E-state index in [4.69, 9.17) is 0 Å². The summed E-state index contributed by atoms with van der Waals surface area (Å²) in [5, 5.41) is 7.57. The predicted octanol–water partition coefficient (Wildman–Crippen LogP) is 1.75. The van der Waals surface area contributed by atoms with E-state index in [1.165, 1.54) is 5.56 Å². The first kappa shape index (κ1) is 11.6. The highest BCUT2D eigenvalue weighted by Crippen LogP contribution is 2.08. The Morgan fingerprint density at radius 2 is 1.82 bits per heavy atom. The number of anilines is 1. The van der Waals surface area contributed by atoms with E-state index < -0.39 is 0 Å². The lowest BCUT2D eigenvalue weighted by Gasteiger charge is -2.05. The van der Waals surface area contributed by atoms with Gasteiger partial charge in [-0.3, -0.25) is 4.68 Å². The summed E-state index contributed by atoms with van der Waals surface area (Å²) in [4.78, 5) is 8.66. The second-order valence-corrected chi connectivity index (χ2v) is 4.26. The average molecular weight is 231 g/mol. The Bertz CT molecular complexity index is 509. The molecule has 0 saturated carbocycles. The molecule has 17 heavy (non-hydrogen) atoms. The van der Waals surface area contributed by atoms with Crippen molar-refractivity contribution in [3.05, 3.63) is 34.9 Å². The maximum atomic E-state index is 4.37. The molecule has 5 nitrogen and oxygen atoms in total. The van der Waals surface area contributed by atoms with E-state index >= 15 is 0 Å². The molecule has 0 spiro atoms. The van der Waals surface area contributed by atoms with Gasteiger partial charge >= 0.3 is 0 Å². The molecule has 0 radical (unpaired) electrons. The first-order valence-corrected chi connectivity index (χ1v) is 5.60. The van der Waals surface area contributed by atoms with Crippen molar-refractivity contribution in [1.82, 2.24) is 19.7 Å². The minimum atomic E-state index is 0.648. The predicted molar refractivity (Wildman–Crippen MR) is 66.8 cm³/mol. The lowest BCUT2D eigenvalue weighted by atomic mass is 10.3. The molecule has 0 fully saturated rings. The second-order valence-electron chi connectivity index (χ2n) is 4.26. The highest BCUT2D eigenvalue weighted by atomic mass is 15.3. The van der Waals surface area contributed by atoms with Crippen LogP contribution in [0, 0.1) is 20.8 Å². The van der Waals surface area contributed by atoms with Crippen molar-refractivity contribution < 1.29 is 0 Å². The standard InChI is InChI=1S/C12H17N5/c1-8-7-17(4)16-11(8)6-13-12-14-9(2)5-10(3)15-12/h5,7H,6H2,1-4H3,(H,13,14,15). The Balaban J connectivity index is 2.09. The Hall–Kier alpha value is -1.91. The zero-order valence-corrected chi connectivity index (χ0v) is 10.7. The quantitative estimate of drug-likeness (QED) is 0.874. The minimum absolute atomic E-state index is 0.648. The molecule has 5 heteroatoms. The van der Waals surface area contributed by atoms with Crippen molar-refractivity contribution in [3.63, 3.8) is 0 Å². The average Bonchev–Trinajstić information content (AvgIpc) is 2.53. The minimum Gasteiger partial charge on any atom is -0.348 e. The van der Waals surface area contributed by atoms with Gasteiger partial charge in [0.25, 0.3) is 0 Å². The van der Waals surface area contributed by atoms with Crippen molar-refractivity contribution in [2.45, 2.75) is 27.3 Å². The summed E-state index contributed by atoms with van der Waals surface area (Å²) in [6.07, 6.45) is 2.00. The van der Waals surface area contributed by atoms with Gasteiger partial charge in [-0.15, -0.1) is 0 Å². The van der Waals surface area contributed by atoms with Crippen molar-refractivity contribution in [3.8, 4) is 0 Å². The molecular weight excluding hydrogens is 214 g/mol. The fourth-order valence-electron chi connectivity index (χ4n) is 1.80. The molecule has 90 valence electrons. The Morgan fingerprint density at radius 3 is 2.35 bits per heavy atom. The van der Waals surface area contributed by atoms with Gasteiger partial charge in [-0.25, -0.2) is 9.97 Å². The first-order valence-electron chi connectivity index (χ1n) is 5.60. The Morgan fingerprint density at radius 1 is 1.18 bits per heavy atom. The van der Waals surface area contributed by atoms with Gasteiger partial charge in [-0.1, -0.05) is 0 Å². The molecule has 0 aliphatic rings. The molecule has 0 atom stereocenters. The number of rotatable bonds is 3. The number of hydrogen-bond donors (Lipinski definition) is 1. The van der Waals surface area contributed by atoms with Crippen molar-refractivity contribution >= 4 is 5.95 Å². The van der Waals surface area contributed by atoms with E-state index in [1.807, 2.05) is 44.8 Å². The van der Waals surface area contributed by atoms with Gasteiger partial charge in [0.15, 0.2) is 0 Å². The number of nitrogens with one attached hydrogen (secondary N) is 1. The molecule has 1 N–H and O–H groups in total. The van der Waals surface area contributed by atoms with E-state index in [1.54, 1.807) is 0 Å². The van der Waals surface area contributed by atoms with Crippen LogP contribution in [0.15, 0.2) is 12.3 Å². The summed E-state index contributed by atoms with van der Waals surface area (Å²) in [6.45, 7) is 6.62. The zero-order valence-electron chi connectivity index (χ0n) is 10.7. The van der Waals surface area contributed by atoms with Crippen LogP contribution in [0.5, 0.6) is 0 Å². The van der Waals surface area contributed by atoms with Gasteiger partial charge < -0.3 is 5.32 Å². The van der Waals surface area contributed by atoms with Gasteiger partial charge in [-0.2, -0.15) is 5.10 Å². The number of aryl methyl sites for hydroxylation is 4. The normalized spacial score (nSPS) is 10.6. The van der Waals surface area contributed by atoms with Crippen LogP contribution in [-0.2, 0) is 13.6 Å². The summed E-state index contributed by atoms with van der Waals surface area (Å²) in [7, 11) is 1.92. The summed E-state index contributed by atoms with van der Waals surface area (Å²) >= 11 is 0. The van der Waals surface area contributed by atoms with Crippen molar-refractivity contribution in [1.29, 1.82) is 0 Å². The van der Waals surface area contributed by atoms with Crippen LogP contribution in [-0.4, -0.2) is 19.7 Å². The highest BCUT2D eigenvalue weighted by Gasteiger charge is 2.04. The van der Waals surface area contributed by atoms with Crippen molar-refractivity contribution in [2.75, 3.05) is 5.32 Å². The van der Waals surface area contributed by atoms with Crippen LogP contribution in [0.4, 0.5) is 5.95 Å². The maximum Gasteiger partial charge on any atom is 0.223 e. The molecule has 2 rings (SSSR count). The van der Waals surface area contributed by atoms with E-state index in [0.717, 1.165) is 17.1 Å². The first-order chi connectivity index (χ1) is 8.04. The van der Waals surface area contributed by atoms with Crippen LogP contribution in [0.1, 0.15) is 22.6 Å². The largest absolute Gasteiger partial charge is 0.348 e. The smallest absolute Gasteiger partial charge is 0.223 e. The third-order valence-corrected chi connectivity index (χ3v) is 2.51. The van der Waals surface area contributed by atoms with Gasteiger partial charge in [0.2, 0.25) is 5.95 Å². The van der Waals surface area contributed by atoms with Gasteiger partial charge in [0, 0.05) is 24.6 Å². The Labute approximate surface area is 101 Å². The zero-order chi connectivity index (χ0) is 12.4. The van der Waals surface area contributed by atoms with E-state index in [-0.39, 0.29) is 0 Å². The summed E-state index contributed by atoms with van der Waals surface area (Å²) < 4.78 is 1.81. The molecule has 0 aromatic carbocycles. The molecule has 2 aromatic rings. The molecule has 2 heterocycles. The van der Waals surface area contributed by atoms with E-state index in [2.05, 4.69) is 20.4 Å². The molecule has 2 aromatic heterocycles. The lowest BCUT2D eigenvalue weighted by molar-refractivity contribution is 0.746. The number of nitrogens with zero attached hydrogens (tertiary/aromatic N) is 4. The summed E-state index contributed by atoms with van der Waals surface area (Å²) in [5.41, 5.74) is 4.13. The molecule has 0 bridgehead atoms. The molecule has 0 amide bonds. The maximum absolute atomic E-state index is 4.37. The molecule has 0 aliphatic carbocycles. The van der Waals surface area contributed by atoms with Gasteiger partial charge in [-0.05, 0) is 32.4 Å². The van der Waals surface area contributed by atoms with Crippen molar-refractivity contribution in [2.24, 2.45) is 7.05 Å². The lowest BCUT2D eigenvalue weighted by Crippen LogP contribution is -2.06. The molecule has 0 aliphatic heterocycles. The second kappa shape index (κ2) is 4.53. The van der Waals surface area contributed by atoms with Crippen LogP contribution in [0.3, 0.4) is 0 Å². The molecule has 0 saturated heterocycles. The number of aromatic nitrogens is 4. The Kier molecular flexibility index (Phi) is 3.08. The number of hydrogen-bond acceptors (Lipinski definition) is 4. The molecular formula is C12H17N5. The third kappa shape index (κ3) is 2.81. The van der Waals surface area contributed by atoms with E-state index in [9.17, 15) is 0 Å². The SMILES string of the molecule is Cc1cc(C)nc(NCc2nn(C)cc2C)n1. The fourth-order valence-corrected chi connectivity index (χ4v) is 1.80. The van der Waals surface area contributed by atoms with Crippen LogP contribution in [0.2, 0.25) is 0 Å². The third-order valence-electron chi connectivity index (χ3n) is 2.51. The van der Waals surface area contributed by atoms with Crippen LogP contribution < -0.4 is 5.32 Å². The van der Waals surface area contributed by atoms with Crippen LogP contribution in [0.25, 0.3) is 0 Å². The summed E-state index contributed by atoms with van der Waals surface area (Å²) in [5.74, 6) is 0.660. The van der Waals surface area contributed by atoms with Gasteiger partial charge in [0.05, 0.1) is 12.2 Å². The van der Waals surface area contributed by atoms with E-state index in [0.29, 0.717) is 12.5 Å². The van der Waals surface area contributed by atoms with Crippen LogP contribution >= 0.6 is 0 Å². The molecule has 0 unspecified atom stereocenters. The monoisotopic (exact) mass is 231 g/mol. The fraction of sp³-hybridized carbons (Fsp3) is 0.417. The summed E-state index contributed by atoms with van der Waals surface area (Å²) in [6, 6.07) is 1.96. The topological polar surface area (TPSA) is 55.6 Å². The van der Waals surface area contributed by atoms with Gasteiger partial charge in [0.1, 0.15) is 0 Å².